The van der Waals surface area contributed by atoms with Crippen LogP contribution < -0.4 is 0 Å². The monoisotopic (exact) mass is 226 g/mol. The lowest BCUT2D eigenvalue weighted by Gasteiger charge is -2.01. The number of imidazole rings is 1. The number of rotatable bonds is 2. The Kier molecular flexibility index (Phi) is 2.47. The molecule has 0 bridgehead atoms. The lowest BCUT2D eigenvalue weighted by molar-refractivity contribution is 0.102. The van der Waals surface area contributed by atoms with Gasteiger partial charge in [0, 0.05) is 12.4 Å². The first kappa shape index (κ1) is 10.4. The molecule has 1 aromatic carbocycles. The summed E-state index contributed by atoms with van der Waals surface area (Å²) in [5, 5.41) is 0. The maximum atomic E-state index is 13.2. The third kappa shape index (κ3) is 1.58. The van der Waals surface area contributed by atoms with E-state index in [1.54, 1.807) is 0 Å². The zero-order chi connectivity index (χ0) is 11.7. The number of aromatic amines is 1. The summed E-state index contributed by atoms with van der Waals surface area (Å²) in [4.78, 5) is 17.6. The van der Waals surface area contributed by atoms with Gasteiger partial charge >= 0.3 is 0 Å². The van der Waals surface area contributed by atoms with E-state index in [9.17, 15) is 18.0 Å². The Balaban J connectivity index is 2.50. The van der Waals surface area contributed by atoms with Crippen LogP contribution in [0.4, 0.5) is 13.2 Å². The first-order valence-electron chi connectivity index (χ1n) is 4.29. The van der Waals surface area contributed by atoms with E-state index in [4.69, 9.17) is 0 Å². The third-order valence-corrected chi connectivity index (χ3v) is 1.99. The molecule has 0 unspecified atom stereocenters. The van der Waals surface area contributed by atoms with Crippen molar-refractivity contribution >= 4 is 5.78 Å². The van der Waals surface area contributed by atoms with Crippen molar-refractivity contribution in [1.82, 2.24) is 9.97 Å². The minimum absolute atomic E-state index is 0.134. The molecule has 3 nitrogen and oxygen atoms in total. The van der Waals surface area contributed by atoms with E-state index in [1.165, 1.54) is 12.4 Å². The molecule has 16 heavy (non-hydrogen) atoms. The quantitative estimate of drug-likeness (QED) is 0.629. The average Bonchev–Trinajstić information content (AvgIpc) is 2.79. The molecule has 0 aliphatic carbocycles. The zero-order valence-corrected chi connectivity index (χ0v) is 7.80. The molecule has 0 aliphatic heterocycles. The van der Waals surface area contributed by atoms with E-state index in [0.717, 1.165) is 6.07 Å². The van der Waals surface area contributed by atoms with E-state index in [1.807, 2.05) is 0 Å². The van der Waals surface area contributed by atoms with Gasteiger partial charge < -0.3 is 4.98 Å². The van der Waals surface area contributed by atoms with Crippen LogP contribution in [0.15, 0.2) is 24.5 Å². The zero-order valence-electron chi connectivity index (χ0n) is 7.80. The Hall–Kier alpha value is -2.11. The van der Waals surface area contributed by atoms with Crippen LogP contribution in [0.1, 0.15) is 16.2 Å². The van der Waals surface area contributed by atoms with Gasteiger partial charge in [0.25, 0.3) is 0 Å². The fraction of sp³-hybridized carbons (Fsp3) is 0. The fourth-order valence-electron chi connectivity index (χ4n) is 1.22. The second-order valence-corrected chi connectivity index (χ2v) is 2.99. The number of aromatic nitrogens is 2. The maximum Gasteiger partial charge on any atom is 0.231 e. The maximum absolute atomic E-state index is 13.2. The SMILES string of the molecule is O=C(c1ncc[nH]1)c1ccc(F)c(F)c1F. The van der Waals surface area contributed by atoms with Crippen molar-refractivity contribution in [3.63, 3.8) is 0 Å². The van der Waals surface area contributed by atoms with Gasteiger partial charge in [0.1, 0.15) is 0 Å². The highest BCUT2D eigenvalue weighted by Gasteiger charge is 2.21. The fourth-order valence-corrected chi connectivity index (χ4v) is 1.22. The highest BCUT2D eigenvalue weighted by molar-refractivity contribution is 6.06. The normalized spacial score (nSPS) is 10.4. The Labute approximate surface area is 87.9 Å². The van der Waals surface area contributed by atoms with Crippen LogP contribution in [0, 0.1) is 17.5 Å². The largest absolute Gasteiger partial charge is 0.342 e. The number of nitrogens with zero attached hydrogens (tertiary/aromatic N) is 1. The van der Waals surface area contributed by atoms with Gasteiger partial charge in [-0.3, -0.25) is 4.79 Å². The molecule has 1 N–H and O–H groups in total. The van der Waals surface area contributed by atoms with Crippen LogP contribution in [0.2, 0.25) is 0 Å². The third-order valence-electron chi connectivity index (χ3n) is 1.99. The summed E-state index contributed by atoms with van der Waals surface area (Å²) < 4.78 is 38.7. The van der Waals surface area contributed by atoms with Gasteiger partial charge in [-0.15, -0.1) is 0 Å². The Morgan fingerprint density at radius 3 is 2.56 bits per heavy atom. The van der Waals surface area contributed by atoms with E-state index in [2.05, 4.69) is 9.97 Å². The molecule has 6 heteroatoms. The van der Waals surface area contributed by atoms with Crippen molar-refractivity contribution in [2.24, 2.45) is 0 Å². The van der Waals surface area contributed by atoms with Gasteiger partial charge in [0.15, 0.2) is 23.3 Å². The van der Waals surface area contributed by atoms with E-state index in [-0.39, 0.29) is 5.82 Å². The molecule has 0 aliphatic rings. The molecule has 0 atom stereocenters. The Bertz CT molecular complexity index is 537. The predicted octanol–water partition coefficient (Wildman–Crippen LogP) is 2.06. The van der Waals surface area contributed by atoms with Crippen molar-refractivity contribution in [1.29, 1.82) is 0 Å². The summed E-state index contributed by atoms with van der Waals surface area (Å²) in [7, 11) is 0. The summed E-state index contributed by atoms with van der Waals surface area (Å²) in [5.74, 6) is -5.49. The van der Waals surface area contributed by atoms with Crippen LogP contribution in [0.5, 0.6) is 0 Å². The van der Waals surface area contributed by atoms with Crippen molar-refractivity contribution in [3.8, 4) is 0 Å². The lowest BCUT2D eigenvalue weighted by Crippen LogP contribution is -2.08. The van der Waals surface area contributed by atoms with Crippen molar-refractivity contribution in [2.45, 2.75) is 0 Å². The average molecular weight is 226 g/mol. The van der Waals surface area contributed by atoms with Crippen LogP contribution in [0.25, 0.3) is 0 Å². The van der Waals surface area contributed by atoms with Crippen LogP contribution in [-0.2, 0) is 0 Å². The Morgan fingerprint density at radius 1 is 1.19 bits per heavy atom. The standard InChI is InChI=1S/C10H5F3N2O/c11-6-2-1-5(7(12)8(6)13)9(16)10-14-3-4-15-10/h1-4H,(H,14,15). The molecule has 0 saturated carbocycles. The van der Waals surface area contributed by atoms with Gasteiger partial charge in [-0.05, 0) is 12.1 Å². The summed E-state index contributed by atoms with van der Waals surface area (Å²) in [6.07, 6.45) is 2.66. The van der Waals surface area contributed by atoms with Gasteiger partial charge in [0.05, 0.1) is 5.56 Å². The van der Waals surface area contributed by atoms with Crippen LogP contribution >= 0.6 is 0 Å². The molecule has 82 valence electrons. The van der Waals surface area contributed by atoms with Crippen molar-refractivity contribution < 1.29 is 18.0 Å². The van der Waals surface area contributed by atoms with Gasteiger partial charge in [-0.25, -0.2) is 18.2 Å². The summed E-state index contributed by atoms with van der Waals surface area (Å²) in [6, 6.07) is 1.56. The molecule has 2 rings (SSSR count). The smallest absolute Gasteiger partial charge is 0.231 e. The number of halogens is 3. The molecule has 1 heterocycles. The first-order chi connectivity index (χ1) is 7.61. The summed E-state index contributed by atoms with van der Waals surface area (Å²) in [6.45, 7) is 0. The minimum Gasteiger partial charge on any atom is -0.342 e. The number of carbonyl (C=O) groups excluding carboxylic acids is 1. The summed E-state index contributed by atoms with van der Waals surface area (Å²) >= 11 is 0. The molecule has 2 aromatic rings. The molecule has 1 aromatic heterocycles. The van der Waals surface area contributed by atoms with Gasteiger partial charge in [0.2, 0.25) is 5.78 Å². The van der Waals surface area contributed by atoms with E-state index >= 15 is 0 Å². The first-order valence-corrected chi connectivity index (χ1v) is 4.29. The molecule has 0 fully saturated rings. The molecule has 0 amide bonds. The highest BCUT2D eigenvalue weighted by Crippen LogP contribution is 2.17. The van der Waals surface area contributed by atoms with E-state index < -0.39 is 28.8 Å². The van der Waals surface area contributed by atoms with Gasteiger partial charge in [-0.1, -0.05) is 0 Å². The second kappa shape index (κ2) is 3.80. The number of benzene rings is 1. The van der Waals surface area contributed by atoms with E-state index in [0.29, 0.717) is 6.07 Å². The van der Waals surface area contributed by atoms with Crippen molar-refractivity contribution in [3.05, 3.63) is 53.4 Å². The molecule has 0 saturated heterocycles. The molecular weight excluding hydrogens is 221 g/mol. The number of carbonyl (C=O) groups is 1. The number of hydrogen-bond donors (Lipinski definition) is 1. The van der Waals surface area contributed by atoms with Crippen molar-refractivity contribution in [2.75, 3.05) is 0 Å². The highest BCUT2D eigenvalue weighted by atomic mass is 19.2. The second-order valence-electron chi connectivity index (χ2n) is 2.99. The predicted molar refractivity (Wildman–Crippen MR) is 48.3 cm³/mol. The lowest BCUT2D eigenvalue weighted by atomic mass is 10.1. The Morgan fingerprint density at radius 2 is 1.94 bits per heavy atom. The number of hydrogen-bond acceptors (Lipinski definition) is 2. The number of nitrogens with one attached hydrogen (secondary N) is 1. The number of ketones is 1. The molecule has 0 radical (unpaired) electrons. The molecule has 0 spiro atoms. The van der Waals surface area contributed by atoms with Crippen LogP contribution in [-0.4, -0.2) is 15.8 Å². The van der Waals surface area contributed by atoms with Crippen LogP contribution in [0.3, 0.4) is 0 Å². The number of H-pyrrole nitrogens is 1. The summed E-state index contributed by atoms with van der Waals surface area (Å²) in [5.41, 5.74) is -0.561. The minimum atomic E-state index is -1.67. The van der Waals surface area contributed by atoms with Gasteiger partial charge in [-0.2, -0.15) is 0 Å². The molecular formula is C10H5F3N2O. The topological polar surface area (TPSA) is 45.8 Å².